The van der Waals surface area contributed by atoms with Crippen LogP contribution in [-0.2, 0) is 11.3 Å². The van der Waals surface area contributed by atoms with Crippen LogP contribution in [0.4, 0.5) is 0 Å². The Balaban J connectivity index is 2.58. The Bertz CT molecular complexity index is 400. The number of fused-ring (bicyclic) bond motifs is 1. The summed E-state index contributed by atoms with van der Waals surface area (Å²) in [5, 5.41) is 18.1. The molecule has 1 heterocycles. The van der Waals surface area contributed by atoms with Crippen molar-refractivity contribution in [1.29, 1.82) is 0 Å². The highest BCUT2D eigenvalue weighted by Gasteiger charge is 2.26. The van der Waals surface area contributed by atoms with Gasteiger partial charge in [-0.15, -0.1) is 0 Å². The first-order valence-electron chi connectivity index (χ1n) is 4.27. The first-order chi connectivity index (χ1) is 6.61. The summed E-state index contributed by atoms with van der Waals surface area (Å²) in [5.74, 6) is -0.345. The van der Waals surface area contributed by atoms with Gasteiger partial charge in [-0.3, -0.25) is 0 Å². The zero-order valence-electron chi connectivity index (χ0n) is 7.65. The Morgan fingerprint density at radius 3 is 2.79 bits per heavy atom. The summed E-state index contributed by atoms with van der Waals surface area (Å²) in [6.07, 6.45) is 0. The molecule has 1 aliphatic rings. The molecule has 0 radical (unpaired) electrons. The molecule has 2 N–H and O–H groups in total. The second kappa shape index (κ2) is 3.11. The molecule has 0 atom stereocenters. The van der Waals surface area contributed by atoms with E-state index in [1.807, 2.05) is 0 Å². The van der Waals surface area contributed by atoms with Gasteiger partial charge in [-0.1, -0.05) is 6.07 Å². The van der Waals surface area contributed by atoms with Crippen molar-refractivity contribution in [3.8, 4) is 0 Å². The number of rotatable bonds is 1. The fourth-order valence-corrected chi connectivity index (χ4v) is 1.65. The summed E-state index contributed by atoms with van der Waals surface area (Å²) < 4.78 is 4.84. The van der Waals surface area contributed by atoms with Crippen LogP contribution in [0.15, 0.2) is 12.1 Å². The molecule has 1 aromatic rings. The van der Waals surface area contributed by atoms with Gasteiger partial charge in [-0.2, -0.15) is 0 Å². The van der Waals surface area contributed by atoms with E-state index < -0.39 is 7.12 Å². The zero-order chi connectivity index (χ0) is 10.3. The predicted octanol–water partition coefficient (Wildman–Crippen LogP) is -0.655. The Kier molecular flexibility index (Phi) is 2.05. The first-order valence-corrected chi connectivity index (χ1v) is 4.27. The van der Waals surface area contributed by atoms with Crippen molar-refractivity contribution >= 4 is 18.6 Å². The lowest BCUT2D eigenvalue weighted by Crippen LogP contribution is -2.32. The van der Waals surface area contributed by atoms with Gasteiger partial charge < -0.3 is 14.8 Å². The lowest BCUT2D eigenvalue weighted by Gasteiger charge is -2.07. The highest BCUT2D eigenvalue weighted by molar-refractivity contribution is 6.59. The summed E-state index contributed by atoms with van der Waals surface area (Å²) in [4.78, 5) is 11.2. The molecule has 1 aliphatic heterocycles. The normalized spacial score (nSPS) is 13.8. The van der Waals surface area contributed by atoms with Gasteiger partial charge in [0.25, 0.3) is 0 Å². The summed E-state index contributed by atoms with van der Waals surface area (Å²) in [6, 6.07) is 3.10. The summed E-state index contributed by atoms with van der Waals surface area (Å²) >= 11 is 0. The van der Waals surface area contributed by atoms with E-state index >= 15 is 0 Å². The molecule has 0 spiro atoms. The van der Waals surface area contributed by atoms with Gasteiger partial charge in [-0.05, 0) is 24.0 Å². The monoisotopic (exact) mass is 192 g/mol. The molecule has 0 fully saturated rings. The largest absolute Gasteiger partial charge is 0.488 e. The van der Waals surface area contributed by atoms with Crippen molar-refractivity contribution in [2.45, 2.75) is 13.5 Å². The minimum Gasteiger partial charge on any atom is -0.457 e. The lowest BCUT2D eigenvalue weighted by molar-refractivity contribution is 0.0535. The highest BCUT2D eigenvalue weighted by Crippen LogP contribution is 2.21. The van der Waals surface area contributed by atoms with Crippen LogP contribution < -0.4 is 5.46 Å². The average Bonchev–Trinajstić information content (AvgIpc) is 2.49. The molecule has 0 saturated heterocycles. The number of carbonyl (C=O) groups excluding carboxylic acids is 1. The zero-order valence-corrected chi connectivity index (χ0v) is 7.65. The molecule has 5 heteroatoms. The fraction of sp³-hybridized carbons (Fsp3) is 0.222. The third kappa shape index (κ3) is 1.22. The van der Waals surface area contributed by atoms with Crippen LogP contribution in [0.5, 0.6) is 0 Å². The van der Waals surface area contributed by atoms with E-state index in [0.717, 1.165) is 5.56 Å². The maximum atomic E-state index is 11.2. The van der Waals surface area contributed by atoms with Gasteiger partial charge in [0, 0.05) is 5.56 Å². The molecule has 2 rings (SSSR count). The van der Waals surface area contributed by atoms with Crippen molar-refractivity contribution in [2.24, 2.45) is 0 Å². The van der Waals surface area contributed by atoms with Crippen molar-refractivity contribution < 1.29 is 19.6 Å². The maximum absolute atomic E-state index is 11.2. The molecule has 0 bridgehead atoms. The average molecular weight is 192 g/mol. The van der Waals surface area contributed by atoms with E-state index in [0.29, 0.717) is 16.6 Å². The Labute approximate surface area is 81.3 Å². The topological polar surface area (TPSA) is 66.8 Å². The van der Waals surface area contributed by atoms with Crippen molar-refractivity contribution in [2.75, 3.05) is 0 Å². The lowest BCUT2D eigenvalue weighted by atomic mass is 9.75. The van der Waals surface area contributed by atoms with Crippen LogP contribution in [0.25, 0.3) is 0 Å². The molecule has 1 aromatic carbocycles. The Morgan fingerprint density at radius 2 is 2.14 bits per heavy atom. The summed E-state index contributed by atoms with van der Waals surface area (Å²) in [7, 11) is -1.50. The number of carbonyl (C=O) groups is 1. The third-order valence-electron chi connectivity index (χ3n) is 2.49. The second-order valence-electron chi connectivity index (χ2n) is 3.26. The van der Waals surface area contributed by atoms with Gasteiger partial charge in [0.05, 0.1) is 5.56 Å². The number of cyclic esters (lactones) is 1. The van der Waals surface area contributed by atoms with E-state index in [4.69, 9.17) is 14.8 Å². The summed E-state index contributed by atoms with van der Waals surface area (Å²) in [6.45, 7) is 1.97. The van der Waals surface area contributed by atoms with Crippen LogP contribution in [0, 0.1) is 6.92 Å². The minimum absolute atomic E-state index is 0.223. The molecule has 0 saturated carbocycles. The molecule has 72 valence electrons. The molecule has 0 unspecified atom stereocenters. The minimum atomic E-state index is -1.50. The fourth-order valence-electron chi connectivity index (χ4n) is 1.65. The van der Waals surface area contributed by atoms with Crippen LogP contribution >= 0.6 is 0 Å². The van der Waals surface area contributed by atoms with Gasteiger partial charge in [-0.25, -0.2) is 4.79 Å². The second-order valence-corrected chi connectivity index (χ2v) is 3.26. The number of ether oxygens (including phenoxy) is 1. The highest BCUT2D eigenvalue weighted by atomic mass is 16.5. The van der Waals surface area contributed by atoms with E-state index in [9.17, 15) is 4.79 Å². The van der Waals surface area contributed by atoms with E-state index in [-0.39, 0.29) is 12.6 Å². The van der Waals surface area contributed by atoms with Crippen molar-refractivity contribution in [1.82, 2.24) is 0 Å². The maximum Gasteiger partial charge on any atom is 0.488 e. The SMILES string of the molecule is Cc1c(B(O)O)ccc2c1COC2=O. The van der Waals surface area contributed by atoms with Crippen molar-refractivity contribution in [3.05, 3.63) is 28.8 Å². The Hall–Kier alpha value is -1.33. The van der Waals surface area contributed by atoms with Crippen molar-refractivity contribution in [3.63, 3.8) is 0 Å². The molecule has 0 aliphatic carbocycles. The predicted molar refractivity (Wildman–Crippen MR) is 50.1 cm³/mol. The molecular weight excluding hydrogens is 183 g/mol. The van der Waals surface area contributed by atoms with Gasteiger partial charge in [0.15, 0.2) is 0 Å². The first kappa shape index (κ1) is 9.24. The van der Waals surface area contributed by atoms with Crippen LogP contribution in [0.1, 0.15) is 21.5 Å². The third-order valence-corrected chi connectivity index (χ3v) is 2.49. The Morgan fingerprint density at radius 1 is 1.43 bits per heavy atom. The molecule has 14 heavy (non-hydrogen) atoms. The molecule has 4 nitrogen and oxygen atoms in total. The van der Waals surface area contributed by atoms with E-state index in [2.05, 4.69) is 0 Å². The smallest absolute Gasteiger partial charge is 0.457 e. The number of hydrogen-bond donors (Lipinski definition) is 2. The van der Waals surface area contributed by atoms with E-state index in [1.165, 1.54) is 6.07 Å². The van der Waals surface area contributed by atoms with Gasteiger partial charge in [0.2, 0.25) is 0 Å². The number of hydrogen-bond acceptors (Lipinski definition) is 4. The van der Waals surface area contributed by atoms with Crippen LogP contribution in [-0.4, -0.2) is 23.1 Å². The molecule has 0 aromatic heterocycles. The van der Waals surface area contributed by atoms with E-state index in [1.54, 1.807) is 13.0 Å². The summed E-state index contributed by atoms with van der Waals surface area (Å²) in [5.41, 5.74) is 2.40. The van der Waals surface area contributed by atoms with Gasteiger partial charge >= 0.3 is 13.1 Å². The quantitative estimate of drug-likeness (QED) is 0.458. The van der Waals surface area contributed by atoms with Crippen LogP contribution in [0.3, 0.4) is 0 Å². The van der Waals surface area contributed by atoms with Gasteiger partial charge in [0.1, 0.15) is 6.61 Å². The van der Waals surface area contributed by atoms with Crippen LogP contribution in [0.2, 0.25) is 0 Å². The molecular formula is C9H9BO4. The molecule has 0 amide bonds. The standard InChI is InChI=1S/C9H9BO4/c1-5-7-4-14-9(11)6(7)2-3-8(5)10(12)13/h2-3,12-13H,4H2,1H3. The number of benzene rings is 1. The number of esters is 1.